The number of hydrogen-bond donors (Lipinski definition) is 2. The highest BCUT2D eigenvalue weighted by molar-refractivity contribution is 6.42. The van der Waals surface area contributed by atoms with Crippen LogP contribution in [0, 0.1) is 0 Å². The minimum absolute atomic E-state index is 0. The maximum atomic E-state index is 11.9. The molecule has 1 aromatic rings. The Balaban J connectivity index is 0.00000200. The molecule has 8 heteroatoms. The number of amides is 1. The van der Waals surface area contributed by atoms with Crippen molar-refractivity contribution >= 4 is 58.8 Å². The maximum Gasteiger partial charge on any atom is 0.238 e. The van der Waals surface area contributed by atoms with Gasteiger partial charge in [-0.2, -0.15) is 0 Å². The van der Waals surface area contributed by atoms with E-state index in [1.807, 2.05) is 4.90 Å². The molecule has 0 aliphatic carbocycles. The third kappa shape index (κ3) is 4.65. The van der Waals surface area contributed by atoms with Crippen LogP contribution in [0.5, 0.6) is 0 Å². The van der Waals surface area contributed by atoms with E-state index < -0.39 is 0 Å². The van der Waals surface area contributed by atoms with Gasteiger partial charge in [-0.25, -0.2) is 0 Å². The lowest BCUT2D eigenvalue weighted by Crippen LogP contribution is -2.33. The van der Waals surface area contributed by atoms with Crippen LogP contribution in [-0.4, -0.2) is 36.5 Å². The molecule has 1 aromatic carbocycles. The lowest BCUT2D eigenvalue weighted by atomic mass is 10.3. The number of rotatable bonds is 3. The summed E-state index contributed by atoms with van der Waals surface area (Å²) in [6, 6.07) is 3.22. The normalized spacial score (nSPS) is 18.7. The van der Waals surface area contributed by atoms with Gasteiger partial charge in [0.15, 0.2) is 0 Å². The number of anilines is 1. The fourth-order valence-corrected chi connectivity index (χ4v) is 2.96. The number of hydrogen-bond acceptors (Lipinski definition) is 3. The molecule has 3 N–H and O–H groups in total. The number of halogens is 4. The first-order valence-corrected chi connectivity index (χ1v) is 7.01. The van der Waals surface area contributed by atoms with Crippen LogP contribution in [0.4, 0.5) is 5.69 Å². The summed E-state index contributed by atoms with van der Waals surface area (Å²) in [6.07, 6.45) is 0.912. The first kappa shape index (κ1) is 17.8. The fraction of sp³-hybridized carbons (Fsp3) is 0.417. The first-order chi connectivity index (χ1) is 8.95. The van der Waals surface area contributed by atoms with Crippen LogP contribution in [0.1, 0.15) is 6.42 Å². The molecule has 0 aromatic heterocycles. The van der Waals surface area contributed by atoms with E-state index in [1.165, 1.54) is 12.1 Å². The molecular formula is C12H15Cl4N3O. The third-order valence-corrected chi connectivity index (χ3v) is 3.76. The molecule has 112 valence electrons. The summed E-state index contributed by atoms with van der Waals surface area (Å²) in [5.41, 5.74) is 6.18. The smallest absolute Gasteiger partial charge is 0.238 e. The Morgan fingerprint density at radius 3 is 2.45 bits per heavy atom. The Bertz CT molecular complexity index is 475. The molecule has 2 rings (SSSR count). The predicted molar refractivity (Wildman–Crippen MR) is 86.4 cm³/mol. The van der Waals surface area contributed by atoms with Crippen LogP contribution < -0.4 is 11.1 Å². The molecule has 1 atom stereocenters. The maximum absolute atomic E-state index is 11.9. The molecule has 0 bridgehead atoms. The van der Waals surface area contributed by atoms with Gasteiger partial charge < -0.3 is 11.1 Å². The SMILES string of the molecule is Cl.N[C@H]1CCN(CC(=O)Nc2c(Cl)cc(Cl)cc2Cl)C1. The molecule has 1 saturated heterocycles. The van der Waals surface area contributed by atoms with Crippen molar-refractivity contribution in [2.24, 2.45) is 5.73 Å². The summed E-state index contributed by atoms with van der Waals surface area (Å²) in [4.78, 5) is 13.9. The topological polar surface area (TPSA) is 58.4 Å². The van der Waals surface area contributed by atoms with E-state index >= 15 is 0 Å². The minimum atomic E-state index is -0.166. The molecule has 4 nitrogen and oxygen atoms in total. The number of nitrogens with one attached hydrogen (secondary N) is 1. The number of nitrogens with zero attached hydrogens (tertiary/aromatic N) is 1. The van der Waals surface area contributed by atoms with Gasteiger partial charge in [-0.3, -0.25) is 9.69 Å². The van der Waals surface area contributed by atoms with E-state index in [4.69, 9.17) is 40.5 Å². The van der Waals surface area contributed by atoms with Crippen molar-refractivity contribution in [2.75, 3.05) is 25.0 Å². The van der Waals surface area contributed by atoms with Crippen molar-refractivity contribution < 1.29 is 4.79 Å². The van der Waals surface area contributed by atoms with Crippen LogP contribution in [0.15, 0.2) is 12.1 Å². The van der Waals surface area contributed by atoms with Crippen LogP contribution in [0.25, 0.3) is 0 Å². The summed E-state index contributed by atoms with van der Waals surface area (Å²) in [6.45, 7) is 1.84. The average molecular weight is 359 g/mol. The quantitative estimate of drug-likeness (QED) is 0.872. The molecule has 0 saturated carbocycles. The molecule has 1 fully saturated rings. The van der Waals surface area contributed by atoms with Gasteiger partial charge in [0.1, 0.15) is 0 Å². The van der Waals surface area contributed by atoms with Gasteiger partial charge in [-0.15, -0.1) is 12.4 Å². The first-order valence-electron chi connectivity index (χ1n) is 5.88. The van der Waals surface area contributed by atoms with Gasteiger partial charge in [0, 0.05) is 24.2 Å². The van der Waals surface area contributed by atoms with Crippen molar-refractivity contribution in [3.05, 3.63) is 27.2 Å². The molecule has 0 unspecified atom stereocenters. The zero-order valence-electron chi connectivity index (χ0n) is 10.5. The van der Waals surface area contributed by atoms with Crippen molar-refractivity contribution in [1.29, 1.82) is 0 Å². The molecule has 0 radical (unpaired) electrons. The lowest BCUT2D eigenvalue weighted by Gasteiger charge is -2.16. The van der Waals surface area contributed by atoms with Crippen LogP contribution in [0.2, 0.25) is 15.1 Å². The largest absolute Gasteiger partial charge is 0.326 e. The van der Waals surface area contributed by atoms with Crippen molar-refractivity contribution in [2.45, 2.75) is 12.5 Å². The van der Waals surface area contributed by atoms with Gasteiger partial charge in [0.05, 0.1) is 22.3 Å². The summed E-state index contributed by atoms with van der Waals surface area (Å²) in [5, 5.41) is 3.78. The van der Waals surface area contributed by atoms with Gasteiger partial charge in [-0.1, -0.05) is 34.8 Å². The summed E-state index contributed by atoms with van der Waals surface area (Å²) < 4.78 is 0. The number of benzene rings is 1. The number of carbonyl (C=O) groups excluding carboxylic acids is 1. The van der Waals surface area contributed by atoms with Crippen LogP contribution >= 0.6 is 47.2 Å². The van der Waals surface area contributed by atoms with Gasteiger partial charge in [-0.05, 0) is 18.6 Å². The van der Waals surface area contributed by atoms with Crippen LogP contribution in [0.3, 0.4) is 0 Å². The molecule has 20 heavy (non-hydrogen) atoms. The summed E-state index contributed by atoms with van der Waals surface area (Å²) in [7, 11) is 0. The minimum Gasteiger partial charge on any atom is -0.326 e. The Labute approximate surface area is 138 Å². The molecular weight excluding hydrogens is 344 g/mol. The molecule has 1 aliphatic heterocycles. The average Bonchev–Trinajstić information content (AvgIpc) is 2.69. The highest BCUT2D eigenvalue weighted by Crippen LogP contribution is 2.33. The Kier molecular flexibility index (Phi) is 6.85. The van der Waals surface area contributed by atoms with E-state index in [9.17, 15) is 4.79 Å². The second-order valence-corrected chi connectivity index (χ2v) is 5.83. The Morgan fingerprint density at radius 1 is 1.35 bits per heavy atom. The highest BCUT2D eigenvalue weighted by atomic mass is 35.5. The molecule has 1 aliphatic rings. The van der Waals surface area contributed by atoms with Crippen molar-refractivity contribution in [3.8, 4) is 0 Å². The monoisotopic (exact) mass is 357 g/mol. The summed E-state index contributed by atoms with van der Waals surface area (Å²) >= 11 is 17.8. The van der Waals surface area contributed by atoms with E-state index in [-0.39, 0.29) is 30.9 Å². The van der Waals surface area contributed by atoms with Gasteiger partial charge in [0.2, 0.25) is 5.91 Å². The standard InChI is InChI=1S/C12H14Cl3N3O.ClH/c13-7-3-9(14)12(10(15)4-7)17-11(19)6-18-2-1-8(16)5-18;/h3-4,8H,1-2,5-6,16H2,(H,17,19);1H/t8-;/m0./s1. The zero-order chi connectivity index (χ0) is 14.0. The van der Waals surface area contributed by atoms with E-state index in [2.05, 4.69) is 5.32 Å². The fourth-order valence-electron chi connectivity index (χ4n) is 2.05. The lowest BCUT2D eigenvalue weighted by molar-refractivity contribution is -0.117. The van der Waals surface area contributed by atoms with Crippen molar-refractivity contribution in [1.82, 2.24) is 4.90 Å². The highest BCUT2D eigenvalue weighted by Gasteiger charge is 2.21. The zero-order valence-corrected chi connectivity index (χ0v) is 13.6. The molecule has 0 spiro atoms. The summed E-state index contributed by atoms with van der Waals surface area (Å²) in [5.74, 6) is -0.166. The third-order valence-electron chi connectivity index (χ3n) is 2.95. The van der Waals surface area contributed by atoms with E-state index in [0.717, 1.165) is 19.5 Å². The van der Waals surface area contributed by atoms with E-state index in [0.29, 0.717) is 20.8 Å². The van der Waals surface area contributed by atoms with Gasteiger partial charge in [0.25, 0.3) is 0 Å². The van der Waals surface area contributed by atoms with E-state index in [1.54, 1.807) is 0 Å². The van der Waals surface area contributed by atoms with Gasteiger partial charge >= 0.3 is 0 Å². The second-order valence-electron chi connectivity index (χ2n) is 4.58. The second kappa shape index (κ2) is 7.69. The number of likely N-dealkylation sites (tertiary alicyclic amines) is 1. The van der Waals surface area contributed by atoms with Crippen molar-refractivity contribution in [3.63, 3.8) is 0 Å². The number of carbonyl (C=O) groups is 1. The number of nitrogens with two attached hydrogens (primary N) is 1. The molecule has 1 heterocycles. The Morgan fingerprint density at radius 2 is 1.95 bits per heavy atom. The molecule has 1 amide bonds. The Hall–Kier alpha value is -0.230. The predicted octanol–water partition coefficient (Wildman–Crippen LogP) is 3.04. The van der Waals surface area contributed by atoms with Crippen LogP contribution in [-0.2, 0) is 4.79 Å².